The number of halogens is 1. The van der Waals surface area contributed by atoms with Gasteiger partial charge in [-0.2, -0.15) is 0 Å². The van der Waals surface area contributed by atoms with E-state index >= 15 is 0 Å². The van der Waals surface area contributed by atoms with Crippen molar-refractivity contribution >= 4 is 22.6 Å². The molecule has 3 aromatic rings. The topological polar surface area (TPSA) is 38.1 Å². The first-order valence-corrected chi connectivity index (χ1v) is 7.57. The highest BCUT2D eigenvalue weighted by atomic mass is 35.5. The Balaban J connectivity index is 1.87. The van der Waals surface area contributed by atoms with Crippen LogP contribution >= 0.6 is 11.6 Å². The van der Waals surface area contributed by atoms with Crippen molar-refractivity contribution < 1.29 is 4.42 Å². The van der Waals surface area contributed by atoms with Crippen LogP contribution in [0.5, 0.6) is 0 Å². The summed E-state index contributed by atoms with van der Waals surface area (Å²) in [7, 11) is 0. The van der Waals surface area contributed by atoms with Gasteiger partial charge in [-0.05, 0) is 43.1 Å². The lowest BCUT2D eigenvalue weighted by Gasteiger charge is -2.14. The maximum atomic E-state index is 6.10. The van der Waals surface area contributed by atoms with Crippen LogP contribution in [-0.2, 0) is 0 Å². The van der Waals surface area contributed by atoms with Crippen LogP contribution in [0.3, 0.4) is 0 Å². The van der Waals surface area contributed by atoms with Crippen LogP contribution in [0.25, 0.3) is 22.3 Å². The Hall–Kier alpha value is -1.84. The molecular formula is C17H15ClN2O. The van der Waals surface area contributed by atoms with E-state index in [4.69, 9.17) is 16.0 Å². The Morgan fingerprint density at radius 1 is 1.24 bits per heavy atom. The summed E-state index contributed by atoms with van der Waals surface area (Å²) in [6.45, 7) is 1.05. The van der Waals surface area contributed by atoms with E-state index in [1.54, 1.807) is 0 Å². The number of hydrogen-bond donors (Lipinski definition) is 1. The molecule has 1 aliphatic heterocycles. The van der Waals surface area contributed by atoms with Crippen molar-refractivity contribution in [3.63, 3.8) is 0 Å². The number of aromatic nitrogens is 1. The minimum absolute atomic E-state index is 0.331. The van der Waals surface area contributed by atoms with Gasteiger partial charge in [0.1, 0.15) is 16.5 Å². The fourth-order valence-corrected chi connectivity index (χ4v) is 3.15. The molecule has 1 saturated heterocycles. The zero-order valence-electron chi connectivity index (χ0n) is 11.5. The van der Waals surface area contributed by atoms with E-state index < -0.39 is 0 Å². The van der Waals surface area contributed by atoms with Crippen LogP contribution in [-0.4, -0.2) is 11.5 Å². The van der Waals surface area contributed by atoms with Crippen molar-refractivity contribution in [2.24, 2.45) is 0 Å². The molecule has 3 nitrogen and oxygen atoms in total. The molecule has 0 amide bonds. The van der Waals surface area contributed by atoms with Gasteiger partial charge in [0.25, 0.3) is 0 Å². The lowest BCUT2D eigenvalue weighted by Crippen LogP contribution is -2.14. The summed E-state index contributed by atoms with van der Waals surface area (Å²) in [5, 5.41) is 5.11. The van der Waals surface area contributed by atoms with Crippen molar-refractivity contribution in [2.45, 2.75) is 18.9 Å². The van der Waals surface area contributed by atoms with E-state index in [1.165, 1.54) is 6.42 Å². The SMILES string of the molecule is Clc1cc(-c2cc3ccccc3o2)c([C@@H]2CCCN2)cn1. The van der Waals surface area contributed by atoms with Crippen molar-refractivity contribution in [1.29, 1.82) is 0 Å². The zero-order valence-corrected chi connectivity index (χ0v) is 12.2. The fourth-order valence-electron chi connectivity index (χ4n) is 3.00. The van der Waals surface area contributed by atoms with Gasteiger partial charge in [0.2, 0.25) is 0 Å². The lowest BCUT2D eigenvalue weighted by atomic mass is 10.00. The minimum atomic E-state index is 0.331. The molecule has 1 N–H and O–H groups in total. The van der Waals surface area contributed by atoms with Gasteiger partial charge in [-0.25, -0.2) is 4.98 Å². The highest BCUT2D eigenvalue weighted by Gasteiger charge is 2.22. The first-order chi connectivity index (χ1) is 10.3. The maximum Gasteiger partial charge on any atom is 0.135 e. The van der Waals surface area contributed by atoms with Crippen LogP contribution in [0.2, 0.25) is 5.15 Å². The zero-order chi connectivity index (χ0) is 14.2. The monoisotopic (exact) mass is 298 g/mol. The van der Waals surface area contributed by atoms with E-state index in [2.05, 4.69) is 22.4 Å². The van der Waals surface area contributed by atoms with Crippen LogP contribution in [0.15, 0.2) is 47.0 Å². The third-order valence-electron chi connectivity index (χ3n) is 4.03. The molecule has 2 aromatic heterocycles. The molecule has 1 aromatic carbocycles. The standard InChI is InChI=1S/C17H15ClN2O/c18-17-9-12(13(10-20-17)14-5-3-7-19-14)16-8-11-4-1-2-6-15(11)21-16/h1-2,4,6,8-10,14,19H,3,5,7H2/t14-/m0/s1. The Morgan fingerprint density at radius 3 is 2.95 bits per heavy atom. The lowest BCUT2D eigenvalue weighted by molar-refractivity contribution is 0.617. The molecule has 0 aliphatic carbocycles. The fraction of sp³-hybridized carbons (Fsp3) is 0.235. The van der Waals surface area contributed by atoms with Gasteiger partial charge in [0.05, 0.1) is 0 Å². The van der Waals surface area contributed by atoms with E-state index in [0.717, 1.165) is 40.8 Å². The predicted molar refractivity (Wildman–Crippen MR) is 84.4 cm³/mol. The van der Waals surface area contributed by atoms with Gasteiger partial charge in [-0.3, -0.25) is 0 Å². The van der Waals surface area contributed by atoms with Crippen molar-refractivity contribution in [2.75, 3.05) is 6.54 Å². The second kappa shape index (κ2) is 5.17. The first-order valence-electron chi connectivity index (χ1n) is 7.19. The molecule has 0 bridgehead atoms. The number of hydrogen-bond acceptors (Lipinski definition) is 3. The first kappa shape index (κ1) is 12.9. The summed E-state index contributed by atoms with van der Waals surface area (Å²) >= 11 is 6.10. The Kier molecular flexibility index (Phi) is 3.17. The third-order valence-corrected chi connectivity index (χ3v) is 4.23. The van der Waals surface area contributed by atoms with Crippen LogP contribution < -0.4 is 5.32 Å². The molecule has 0 unspecified atom stereocenters. The number of fused-ring (bicyclic) bond motifs is 1. The second-order valence-electron chi connectivity index (χ2n) is 5.39. The molecular weight excluding hydrogens is 284 g/mol. The molecule has 0 saturated carbocycles. The summed E-state index contributed by atoms with van der Waals surface area (Å²) in [5.74, 6) is 0.851. The largest absolute Gasteiger partial charge is 0.456 e. The summed E-state index contributed by atoms with van der Waals surface area (Å²) in [5.41, 5.74) is 3.09. The van der Waals surface area contributed by atoms with Crippen molar-refractivity contribution in [3.05, 3.63) is 53.3 Å². The number of para-hydroxylation sites is 1. The summed E-state index contributed by atoms with van der Waals surface area (Å²) in [4.78, 5) is 4.25. The van der Waals surface area contributed by atoms with Crippen molar-refractivity contribution in [3.8, 4) is 11.3 Å². The molecule has 1 fully saturated rings. The van der Waals surface area contributed by atoms with Gasteiger partial charge in [0.15, 0.2) is 0 Å². The summed E-state index contributed by atoms with van der Waals surface area (Å²) in [6.07, 6.45) is 4.18. The van der Waals surface area contributed by atoms with Gasteiger partial charge < -0.3 is 9.73 Å². The Morgan fingerprint density at radius 2 is 2.14 bits per heavy atom. The molecule has 4 heteroatoms. The Labute approximate surface area is 127 Å². The average Bonchev–Trinajstić information content (AvgIpc) is 3.16. The highest BCUT2D eigenvalue weighted by molar-refractivity contribution is 6.29. The van der Waals surface area contributed by atoms with E-state index in [1.807, 2.05) is 30.5 Å². The molecule has 4 rings (SSSR count). The predicted octanol–water partition coefficient (Wildman–Crippen LogP) is 4.57. The summed E-state index contributed by atoms with van der Waals surface area (Å²) in [6, 6.07) is 12.3. The number of pyridine rings is 1. The number of furan rings is 1. The average molecular weight is 299 g/mol. The second-order valence-corrected chi connectivity index (χ2v) is 5.78. The van der Waals surface area contributed by atoms with E-state index in [9.17, 15) is 0 Å². The molecule has 3 heterocycles. The van der Waals surface area contributed by atoms with Crippen LogP contribution in [0.4, 0.5) is 0 Å². The molecule has 21 heavy (non-hydrogen) atoms. The van der Waals surface area contributed by atoms with Crippen LogP contribution in [0, 0.1) is 0 Å². The smallest absolute Gasteiger partial charge is 0.135 e. The number of benzene rings is 1. The normalized spacial score (nSPS) is 18.4. The maximum absolute atomic E-state index is 6.10. The van der Waals surface area contributed by atoms with Crippen LogP contribution in [0.1, 0.15) is 24.4 Å². The highest BCUT2D eigenvalue weighted by Crippen LogP contribution is 2.36. The van der Waals surface area contributed by atoms with Gasteiger partial charge in [0, 0.05) is 23.2 Å². The van der Waals surface area contributed by atoms with Gasteiger partial charge in [-0.15, -0.1) is 0 Å². The molecule has 1 atom stereocenters. The molecule has 0 spiro atoms. The number of nitrogens with one attached hydrogen (secondary N) is 1. The van der Waals surface area contributed by atoms with Crippen molar-refractivity contribution in [1.82, 2.24) is 10.3 Å². The van der Waals surface area contributed by atoms with E-state index in [-0.39, 0.29) is 0 Å². The Bertz CT molecular complexity index is 757. The minimum Gasteiger partial charge on any atom is -0.456 e. The van der Waals surface area contributed by atoms with Gasteiger partial charge >= 0.3 is 0 Å². The molecule has 106 valence electrons. The third kappa shape index (κ3) is 2.33. The number of rotatable bonds is 2. The molecule has 1 aliphatic rings. The quantitative estimate of drug-likeness (QED) is 0.704. The van der Waals surface area contributed by atoms with Gasteiger partial charge in [-0.1, -0.05) is 29.8 Å². The molecule has 0 radical (unpaired) electrons. The van der Waals surface area contributed by atoms with E-state index in [0.29, 0.717) is 11.2 Å². The number of nitrogens with zero attached hydrogens (tertiary/aromatic N) is 1. The summed E-state index contributed by atoms with van der Waals surface area (Å²) < 4.78 is 6.00.